The Balaban J connectivity index is 1.64. The number of carbonyl (C=O) groups excluding carboxylic acids is 1. The van der Waals surface area contributed by atoms with Crippen LogP contribution in [0.3, 0.4) is 0 Å². The van der Waals surface area contributed by atoms with Gasteiger partial charge in [0.2, 0.25) is 5.88 Å². The van der Waals surface area contributed by atoms with Crippen molar-refractivity contribution in [1.82, 2.24) is 9.78 Å². The van der Waals surface area contributed by atoms with Crippen LogP contribution in [0.2, 0.25) is 0 Å². The fourth-order valence-electron chi connectivity index (χ4n) is 3.94. The highest BCUT2D eigenvalue weighted by molar-refractivity contribution is 7.99. The quantitative estimate of drug-likeness (QED) is 0.426. The first kappa shape index (κ1) is 20.7. The predicted octanol–water partition coefficient (Wildman–Crippen LogP) is 6.52. The zero-order valence-corrected chi connectivity index (χ0v) is 18.5. The summed E-state index contributed by atoms with van der Waals surface area (Å²) in [5.74, 6) is 0.795. The molecular formula is C25H28N2O2S. The second-order valence-electron chi connectivity index (χ2n) is 8.06. The van der Waals surface area contributed by atoms with Crippen LogP contribution in [0, 0.1) is 19.8 Å². The molecule has 30 heavy (non-hydrogen) atoms. The summed E-state index contributed by atoms with van der Waals surface area (Å²) in [5, 5.41) is 4.71. The SMILES string of the molecule is Cc1ccc(Sc2c(C)nn(-c3ccccc3)c2OC(=O)CC2CCCCC2)cc1. The van der Waals surface area contributed by atoms with E-state index in [1.54, 1.807) is 16.4 Å². The van der Waals surface area contributed by atoms with Crippen molar-refractivity contribution in [3.8, 4) is 11.6 Å². The van der Waals surface area contributed by atoms with Gasteiger partial charge in [-0.25, -0.2) is 0 Å². The average Bonchev–Trinajstić information content (AvgIpc) is 3.06. The van der Waals surface area contributed by atoms with E-state index in [0.29, 0.717) is 18.2 Å². The molecule has 4 nitrogen and oxygen atoms in total. The summed E-state index contributed by atoms with van der Waals surface area (Å²) in [6.45, 7) is 4.04. The molecule has 2 aromatic carbocycles. The van der Waals surface area contributed by atoms with E-state index in [2.05, 4.69) is 31.2 Å². The third-order valence-electron chi connectivity index (χ3n) is 5.60. The maximum absolute atomic E-state index is 12.9. The number of rotatable bonds is 6. The van der Waals surface area contributed by atoms with E-state index in [0.717, 1.165) is 34.0 Å². The van der Waals surface area contributed by atoms with E-state index in [9.17, 15) is 4.79 Å². The molecule has 0 atom stereocenters. The number of hydrogen-bond acceptors (Lipinski definition) is 4. The van der Waals surface area contributed by atoms with Crippen molar-refractivity contribution < 1.29 is 9.53 Å². The molecule has 0 amide bonds. The minimum absolute atomic E-state index is 0.162. The highest BCUT2D eigenvalue weighted by Gasteiger charge is 2.24. The summed E-state index contributed by atoms with van der Waals surface area (Å²) in [5.41, 5.74) is 2.96. The van der Waals surface area contributed by atoms with Crippen molar-refractivity contribution in [1.29, 1.82) is 0 Å². The minimum atomic E-state index is -0.162. The van der Waals surface area contributed by atoms with Crippen LogP contribution in [0.4, 0.5) is 0 Å². The molecule has 0 bridgehead atoms. The van der Waals surface area contributed by atoms with Gasteiger partial charge in [-0.3, -0.25) is 4.79 Å². The summed E-state index contributed by atoms with van der Waals surface area (Å²) in [6.07, 6.45) is 6.44. The lowest BCUT2D eigenvalue weighted by atomic mass is 9.87. The molecule has 1 aromatic heterocycles. The van der Waals surface area contributed by atoms with Gasteiger partial charge in [-0.05, 0) is 56.9 Å². The van der Waals surface area contributed by atoms with E-state index in [-0.39, 0.29) is 5.97 Å². The van der Waals surface area contributed by atoms with Gasteiger partial charge >= 0.3 is 5.97 Å². The van der Waals surface area contributed by atoms with Crippen LogP contribution in [0.25, 0.3) is 5.69 Å². The topological polar surface area (TPSA) is 44.1 Å². The molecule has 1 fully saturated rings. The molecule has 0 N–H and O–H groups in total. The first-order valence-corrected chi connectivity index (χ1v) is 11.5. The number of para-hydroxylation sites is 1. The summed E-state index contributed by atoms with van der Waals surface area (Å²) < 4.78 is 7.75. The highest BCUT2D eigenvalue weighted by Crippen LogP contribution is 2.39. The van der Waals surface area contributed by atoms with Crippen LogP contribution in [0.1, 0.15) is 49.8 Å². The van der Waals surface area contributed by atoms with Gasteiger partial charge in [0.15, 0.2) is 0 Å². The Morgan fingerprint density at radius 2 is 1.73 bits per heavy atom. The highest BCUT2D eigenvalue weighted by atomic mass is 32.2. The van der Waals surface area contributed by atoms with Crippen molar-refractivity contribution in [3.05, 3.63) is 65.9 Å². The fourth-order valence-corrected chi connectivity index (χ4v) is 4.86. The Morgan fingerprint density at radius 3 is 2.43 bits per heavy atom. The maximum Gasteiger partial charge on any atom is 0.312 e. The average molecular weight is 421 g/mol. The summed E-state index contributed by atoms with van der Waals surface area (Å²) in [4.78, 5) is 14.8. The molecule has 0 aliphatic heterocycles. The lowest BCUT2D eigenvalue weighted by Crippen LogP contribution is -2.18. The van der Waals surface area contributed by atoms with Gasteiger partial charge in [0.05, 0.1) is 16.3 Å². The fraction of sp³-hybridized carbons (Fsp3) is 0.360. The normalized spacial score (nSPS) is 14.6. The number of ether oxygens (including phenoxy) is 1. The molecule has 5 heteroatoms. The summed E-state index contributed by atoms with van der Waals surface area (Å²) in [6, 6.07) is 18.2. The van der Waals surface area contributed by atoms with Crippen LogP contribution in [0.5, 0.6) is 5.88 Å². The number of carbonyl (C=O) groups is 1. The van der Waals surface area contributed by atoms with Gasteiger partial charge < -0.3 is 4.74 Å². The van der Waals surface area contributed by atoms with Crippen LogP contribution in [-0.4, -0.2) is 15.7 Å². The standard InChI is InChI=1S/C25H28N2O2S/c1-18-13-15-22(16-14-18)30-24-19(2)26-27(21-11-7-4-8-12-21)25(24)29-23(28)17-20-9-5-3-6-10-20/h4,7-8,11-16,20H,3,5-6,9-10,17H2,1-2H3. The Morgan fingerprint density at radius 1 is 1.03 bits per heavy atom. The Kier molecular flexibility index (Phi) is 6.58. The molecule has 0 spiro atoms. The van der Waals surface area contributed by atoms with Crippen molar-refractivity contribution in [2.24, 2.45) is 5.92 Å². The van der Waals surface area contributed by atoms with Gasteiger partial charge in [-0.1, -0.05) is 66.9 Å². The number of nitrogens with zero attached hydrogens (tertiary/aromatic N) is 2. The molecule has 1 heterocycles. The third kappa shape index (κ3) is 4.96. The molecule has 156 valence electrons. The zero-order chi connectivity index (χ0) is 20.9. The van der Waals surface area contributed by atoms with Crippen molar-refractivity contribution in [2.45, 2.75) is 62.2 Å². The van der Waals surface area contributed by atoms with Crippen LogP contribution < -0.4 is 4.74 Å². The largest absolute Gasteiger partial charge is 0.406 e. The number of aromatic nitrogens is 2. The van der Waals surface area contributed by atoms with E-state index in [4.69, 9.17) is 9.84 Å². The smallest absolute Gasteiger partial charge is 0.312 e. The van der Waals surface area contributed by atoms with E-state index >= 15 is 0 Å². The van der Waals surface area contributed by atoms with Crippen molar-refractivity contribution in [2.75, 3.05) is 0 Å². The molecule has 0 radical (unpaired) electrons. The number of aryl methyl sites for hydroxylation is 2. The van der Waals surface area contributed by atoms with Gasteiger partial charge in [0.1, 0.15) is 0 Å². The van der Waals surface area contributed by atoms with Crippen molar-refractivity contribution >= 4 is 17.7 Å². The molecule has 1 aliphatic carbocycles. The van der Waals surface area contributed by atoms with Crippen LogP contribution in [-0.2, 0) is 4.79 Å². The lowest BCUT2D eigenvalue weighted by Gasteiger charge is -2.20. The number of esters is 1. The molecule has 0 unspecified atom stereocenters. The summed E-state index contributed by atoms with van der Waals surface area (Å²) in [7, 11) is 0. The number of benzene rings is 2. The second kappa shape index (κ2) is 9.52. The first-order chi connectivity index (χ1) is 14.6. The van der Waals surface area contributed by atoms with Gasteiger partial charge in [0.25, 0.3) is 0 Å². The van der Waals surface area contributed by atoms with Crippen molar-refractivity contribution in [3.63, 3.8) is 0 Å². The predicted molar refractivity (Wildman–Crippen MR) is 120 cm³/mol. The maximum atomic E-state index is 12.9. The number of hydrogen-bond donors (Lipinski definition) is 0. The zero-order valence-electron chi connectivity index (χ0n) is 17.6. The second-order valence-corrected chi connectivity index (χ2v) is 9.15. The molecule has 4 rings (SSSR count). The molecular weight excluding hydrogens is 392 g/mol. The van der Waals surface area contributed by atoms with E-state index in [1.165, 1.54) is 24.8 Å². The molecule has 1 saturated carbocycles. The molecule has 3 aromatic rings. The van der Waals surface area contributed by atoms with E-state index < -0.39 is 0 Å². The van der Waals surface area contributed by atoms with Gasteiger partial charge in [0, 0.05) is 11.3 Å². The van der Waals surface area contributed by atoms with Gasteiger partial charge in [-0.2, -0.15) is 9.78 Å². The van der Waals surface area contributed by atoms with Gasteiger partial charge in [-0.15, -0.1) is 0 Å². The summed E-state index contributed by atoms with van der Waals surface area (Å²) >= 11 is 1.59. The lowest BCUT2D eigenvalue weighted by molar-refractivity contribution is -0.136. The Bertz CT molecular complexity index is 990. The molecule has 0 saturated heterocycles. The van der Waals surface area contributed by atoms with E-state index in [1.807, 2.05) is 37.3 Å². The monoisotopic (exact) mass is 420 g/mol. The first-order valence-electron chi connectivity index (χ1n) is 10.7. The Labute approximate surface area is 182 Å². The molecule has 1 aliphatic rings. The third-order valence-corrected chi connectivity index (χ3v) is 6.78. The Hall–Kier alpha value is -2.53. The minimum Gasteiger partial charge on any atom is -0.406 e. The van der Waals surface area contributed by atoms with Crippen LogP contribution >= 0.6 is 11.8 Å². The van der Waals surface area contributed by atoms with Crippen LogP contribution in [0.15, 0.2) is 64.4 Å².